The summed E-state index contributed by atoms with van der Waals surface area (Å²) < 4.78 is 5.75. The number of anilines is 1. The van der Waals surface area contributed by atoms with Crippen LogP contribution >= 0.6 is 0 Å². The van der Waals surface area contributed by atoms with Gasteiger partial charge in [0, 0.05) is 56.9 Å². The summed E-state index contributed by atoms with van der Waals surface area (Å²) >= 11 is 0. The van der Waals surface area contributed by atoms with Crippen molar-refractivity contribution in [3.05, 3.63) is 42.4 Å². The maximum atomic E-state index is 5.75. The number of nitrogens with zero attached hydrogens (tertiary/aromatic N) is 6. The highest BCUT2D eigenvalue weighted by Gasteiger charge is 2.21. The minimum Gasteiger partial charge on any atom is -0.477 e. The first kappa shape index (κ1) is 19.9. The Balaban J connectivity index is 1.64. The maximum Gasteiger partial charge on any atom is 0.225 e. The van der Waals surface area contributed by atoms with Gasteiger partial charge >= 0.3 is 0 Å². The van der Waals surface area contributed by atoms with E-state index in [1.54, 1.807) is 18.6 Å². The van der Waals surface area contributed by atoms with E-state index in [0.29, 0.717) is 19.0 Å². The molecule has 2 aromatic heterocycles. The first-order valence-corrected chi connectivity index (χ1v) is 9.93. The van der Waals surface area contributed by atoms with Crippen molar-refractivity contribution >= 4 is 11.9 Å². The topological polar surface area (TPSA) is 78.8 Å². The van der Waals surface area contributed by atoms with Crippen LogP contribution in [0.1, 0.15) is 25.8 Å². The lowest BCUT2D eigenvalue weighted by Crippen LogP contribution is -2.53. The molecule has 28 heavy (non-hydrogen) atoms. The summed E-state index contributed by atoms with van der Waals surface area (Å²) in [6.45, 7) is 9.68. The monoisotopic (exact) mass is 383 g/mol. The van der Waals surface area contributed by atoms with Crippen molar-refractivity contribution in [2.45, 2.75) is 26.8 Å². The molecule has 3 heterocycles. The molecule has 8 heteroatoms. The van der Waals surface area contributed by atoms with E-state index in [4.69, 9.17) is 9.73 Å². The summed E-state index contributed by atoms with van der Waals surface area (Å²) in [5.74, 6) is 2.38. The number of rotatable bonds is 7. The number of guanidine groups is 1. The fourth-order valence-electron chi connectivity index (χ4n) is 3.03. The van der Waals surface area contributed by atoms with Crippen molar-refractivity contribution in [1.82, 2.24) is 25.2 Å². The molecule has 1 aliphatic heterocycles. The van der Waals surface area contributed by atoms with Gasteiger partial charge in [-0.2, -0.15) is 0 Å². The first-order valence-electron chi connectivity index (χ1n) is 9.93. The second kappa shape index (κ2) is 10.4. The lowest BCUT2D eigenvalue weighted by Gasteiger charge is -2.36. The van der Waals surface area contributed by atoms with E-state index in [1.807, 2.05) is 18.2 Å². The number of nitrogens with one attached hydrogen (secondary N) is 1. The molecule has 0 bridgehead atoms. The summed E-state index contributed by atoms with van der Waals surface area (Å²) in [5.41, 5.74) is 1.00. The van der Waals surface area contributed by atoms with Crippen molar-refractivity contribution in [2.24, 2.45) is 4.99 Å². The number of piperazine rings is 1. The molecule has 1 aliphatic rings. The molecular formula is C20H29N7O. The Bertz CT molecular complexity index is 745. The Morgan fingerprint density at radius 1 is 1.07 bits per heavy atom. The van der Waals surface area contributed by atoms with Gasteiger partial charge in [-0.15, -0.1) is 0 Å². The molecular weight excluding hydrogens is 354 g/mol. The zero-order valence-corrected chi connectivity index (χ0v) is 16.7. The van der Waals surface area contributed by atoms with E-state index in [1.165, 1.54) is 0 Å². The van der Waals surface area contributed by atoms with Gasteiger partial charge in [-0.1, -0.05) is 13.0 Å². The van der Waals surface area contributed by atoms with Crippen LogP contribution in [-0.4, -0.2) is 65.1 Å². The van der Waals surface area contributed by atoms with E-state index in [-0.39, 0.29) is 0 Å². The summed E-state index contributed by atoms with van der Waals surface area (Å²) in [4.78, 5) is 22.4. The van der Waals surface area contributed by atoms with E-state index in [0.717, 1.165) is 56.6 Å². The average Bonchev–Trinajstić information content (AvgIpc) is 2.76. The van der Waals surface area contributed by atoms with Gasteiger partial charge in [-0.25, -0.2) is 19.9 Å². The summed E-state index contributed by atoms with van der Waals surface area (Å²) in [6.07, 6.45) is 6.28. The van der Waals surface area contributed by atoms with Crippen molar-refractivity contribution in [3.8, 4) is 5.88 Å². The molecule has 0 unspecified atom stereocenters. The fraction of sp³-hybridized carbons (Fsp3) is 0.500. The zero-order valence-electron chi connectivity index (χ0n) is 16.7. The van der Waals surface area contributed by atoms with Gasteiger partial charge < -0.3 is 19.9 Å². The Hall–Kier alpha value is -2.90. The van der Waals surface area contributed by atoms with Crippen LogP contribution in [0.5, 0.6) is 5.88 Å². The van der Waals surface area contributed by atoms with Crippen LogP contribution in [0.2, 0.25) is 0 Å². The molecule has 0 amide bonds. The Morgan fingerprint density at radius 2 is 1.82 bits per heavy atom. The van der Waals surface area contributed by atoms with E-state index in [9.17, 15) is 0 Å². The molecule has 1 N–H and O–H groups in total. The van der Waals surface area contributed by atoms with Crippen LogP contribution in [-0.2, 0) is 6.54 Å². The highest BCUT2D eigenvalue weighted by Crippen LogP contribution is 2.16. The molecule has 1 fully saturated rings. The van der Waals surface area contributed by atoms with Crippen molar-refractivity contribution in [3.63, 3.8) is 0 Å². The van der Waals surface area contributed by atoms with Gasteiger partial charge in [0.25, 0.3) is 0 Å². The normalized spacial score (nSPS) is 14.9. The Morgan fingerprint density at radius 3 is 2.54 bits per heavy atom. The molecule has 8 nitrogen and oxygen atoms in total. The largest absolute Gasteiger partial charge is 0.477 e. The van der Waals surface area contributed by atoms with Crippen LogP contribution in [0, 0.1) is 0 Å². The highest BCUT2D eigenvalue weighted by atomic mass is 16.5. The number of pyridine rings is 1. The fourth-order valence-corrected chi connectivity index (χ4v) is 3.03. The molecule has 0 atom stereocenters. The summed E-state index contributed by atoms with van der Waals surface area (Å²) in [5, 5.41) is 3.40. The SMILES string of the molecule is CCCOc1ncccc1CN=C(NCC)N1CCN(c2ncccn2)CC1. The molecule has 0 aromatic carbocycles. The molecule has 0 spiro atoms. The van der Waals surface area contributed by atoms with Gasteiger partial charge in [0.05, 0.1) is 13.2 Å². The quantitative estimate of drug-likeness (QED) is 0.578. The molecule has 0 saturated carbocycles. The molecule has 2 aromatic rings. The Labute approximate surface area is 166 Å². The van der Waals surface area contributed by atoms with Crippen LogP contribution < -0.4 is 15.0 Å². The third-order valence-corrected chi connectivity index (χ3v) is 4.44. The van der Waals surface area contributed by atoms with E-state index >= 15 is 0 Å². The van der Waals surface area contributed by atoms with Crippen LogP contribution in [0.25, 0.3) is 0 Å². The summed E-state index contributed by atoms with van der Waals surface area (Å²) in [7, 11) is 0. The predicted octanol–water partition coefficient (Wildman–Crippen LogP) is 1.95. The van der Waals surface area contributed by atoms with Crippen LogP contribution in [0.4, 0.5) is 5.95 Å². The maximum absolute atomic E-state index is 5.75. The van der Waals surface area contributed by atoms with E-state index < -0.39 is 0 Å². The number of ether oxygens (including phenoxy) is 1. The zero-order chi connectivity index (χ0) is 19.6. The molecule has 0 radical (unpaired) electrons. The predicted molar refractivity (Wildman–Crippen MR) is 111 cm³/mol. The highest BCUT2D eigenvalue weighted by molar-refractivity contribution is 5.80. The summed E-state index contributed by atoms with van der Waals surface area (Å²) in [6, 6.07) is 5.79. The first-order chi connectivity index (χ1) is 13.8. The second-order valence-corrected chi connectivity index (χ2v) is 6.51. The average molecular weight is 384 g/mol. The van der Waals surface area contributed by atoms with Crippen molar-refractivity contribution < 1.29 is 4.74 Å². The third-order valence-electron chi connectivity index (χ3n) is 4.44. The van der Waals surface area contributed by atoms with Gasteiger partial charge in [0.15, 0.2) is 5.96 Å². The number of aliphatic imine (C=N–C) groups is 1. The lowest BCUT2D eigenvalue weighted by atomic mass is 10.2. The van der Waals surface area contributed by atoms with Crippen LogP contribution in [0.15, 0.2) is 41.8 Å². The smallest absolute Gasteiger partial charge is 0.225 e. The minimum absolute atomic E-state index is 0.539. The van der Waals surface area contributed by atoms with E-state index in [2.05, 4.69) is 43.9 Å². The van der Waals surface area contributed by atoms with Crippen molar-refractivity contribution in [1.29, 1.82) is 0 Å². The Kier molecular flexibility index (Phi) is 7.40. The van der Waals surface area contributed by atoms with Crippen LogP contribution in [0.3, 0.4) is 0 Å². The third kappa shape index (κ3) is 5.31. The number of hydrogen-bond acceptors (Lipinski definition) is 6. The minimum atomic E-state index is 0.539. The second-order valence-electron chi connectivity index (χ2n) is 6.51. The molecule has 1 saturated heterocycles. The lowest BCUT2D eigenvalue weighted by molar-refractivity contribution is 0.302. The van der Waals surface area contributed by atoms with Gasteiger partial charge in [-0.3, -0.25) is 0 Å². The van der Waals surface area contributed by atoms with Gasteiger partial charge in [0.2, 0.25) is 11.8 Å². The van der Waals surface area contributed by atoms with Gasteiger partial charge in [-0.05, 0) is 25.5 Å². The molecule has 3 rings (SSSR count). The van der Waals surface area contributed by atoms with Gasteiger partial charge in [0.1, 0.15) is 0 Å². The molecule has 150 valence electrons. The number of aromatic nitrogens is 3. The standard InChI is InChI=1S/C20H29N7O/c1-3-15-28-18-17(7-5-8-22-18)16-25-19(21-4-2)26-11-13-27(14-12-26)20-23-9-6-10-24-20/h5-10H,3-4,11-16H2,1-2H3,(H,21,25). The number of hydrogen-bond donors (Lipinski definition) is 1. The van der Waals surface area contributed by atoms with Crippen molar-refractivity contribution in [2.75, 3.05) is 44.2 Å². The molecule has 0 aliphatic carbocycles.